The first-order valence-electron chi connectivity index (χ1n) is 7.75. The van der Waals surface area contributed by atoms with Crippen molar-refractivity contribution >= 4 is 21.2 Å². The predicted molar refractivity (Wildman–Crippen MR) is 88.7 cm³/mol. The van der Waals surface area contributed by atoms with Crippen molar-refractivity contribution in [3.63, 3.8) is 0 Å². The Labute approximate surface area is 132 Å². The Morgan fingerprint density at radius 3 is 2.67 bits per heavy atom. The molecule has 21 heavy (non-hydrogen) atoms. The van der Waals surface area contributed by atoms with Gasteiger partial charge in [0.2, 0.25) is 0 Å². The van der Waals surface area contributed by atoms with Crippen molar-refractivity contribution in [1.82, 2.24) is 10.3 Å². The molecular weight excluding hydrogens is 304 g/mol. The number of nitrogens with zero attached hydrogens (tertiary/aromatic N) is 1. The minimum absolute atomic E-state index is 0.355. The van der Waals surface area contributed by atoms with Crippen molar-refractivity contribution in [1.29, 1.82) is 0 Å². The summed E-state index contributed by atoms with van der Waals surface area (Å²) in [5.41, 5.74) is 0.624. The minimum Gasteiger partial charge on any atom is -0.304 e. The zero-order valence-corrected chi connectivity index (χ0v) is 15.0. The standard InChI is InChI=1S/C15H26N2O2S2/c1-5-10-16-15(9-7-8-13(15)21(4,18)19)14-17-12(6-2)11(3)20-14/h13,16H,5-10H2,1-4H3. The van der Waals surface area contributed by atoms with E-state index in [0.717, 1.165) is 49.4 Å². The van der Waals surface area contributed by atoms with Gasteiger partial charge in [-0.3, -0.25) is 0 Å². The number of nitrogens with one attached hydrogen (secondary N) is 1. The zero-order chi connectivity index (χ0) is 15.7. The largest absolute Gasteiger partial charge is 0.304 e. The third kappa shape index (κ3) is 3.17. The van der Waals surface area contributed by atoms with Crippen molar-refractivity contribution in [2.75, 3.05) is 12.8 Å². The van der Waals surface area contributed by atoms with Gasteiger partial charge in [-0.1, -0.05) is 13.8 Å². The van der Waals surface area contributed by atoms with Crippen LogP contribution in [0, 0.1) is 6.92 Å². The number of hydrogen-bond donors (Lipinski definition) is 1. The maximum absolute atomic E-state index is 12.3. The van der Waals surface area contributed by atoms with E-state index in [1.54, 1.807) is 11.3 Å². The number of aromatic nitrogens is 1. The van der Waals surface area contributed by atoms with Gasteiger partial charge < -0.3 is 5.32 Å². The molecule has 0 aromatic carbocycles. The van der Waals surface area contributed by atoms with Crippen LogP contribution in [0.3, 0.4) is 0 Å². The lowest BCUT2D eigenvalue weighted by Gasteiger charge is -2.34. The minimum atomic E-state index is -3.09. The first-order valence-corrected chi connectivity index (χ1v) is 10.5. The van der Waals surface area contributed by atoms with Gasteiger partial charge in [0.05, 0.1) is 16.5 Å². The van der Waals surface area contributed by atoms with E-state index in [4.69, 9.17) is 4.98 Å². The fraction of sp³-hybridized carbons (Fsp3) is 0.800. The van der Waals surface area contributed by atoms with Crippen LogP contribution in [0.25, 0.3) is 0 Å². The Bertz CT molecular complexity index is 595. The van der Waals surface area contributed by atoms with Crippen molar-refractivity contribution in [2.24, 2.45) is 0 Å². The van der Waals surface area contributed by atoms with Crippen molar-refractivity contribution in [3.05, 3.63) is 15.6 Å². The summed E-state index contributed by atoms with van der Waals surface area (Å²) in [6.45, 7) is 7.11. The lowest BCUT2D eigenvalue weighted by Crippen LogP contribution is -2.51. The lowest BCUT2D eigenvalue weighted by molar-refractivity contribution is 0.340. The molecule has 1 aliphatic rings. The highest BCUT2D eigenvalue weighted by Crippen LogP contribution is 2.44. The summed E-state index contributed by atoms with van der Waals surface area (Å²) in [6, 6.07) is 0. The highest BCUT2D eigenvalue weighted by Gasteiger charge is 2.51. The van der Waals surface area contributed by atoms with Crippen molar-refractivity contribution in [3.8, 4) is 0 Å². The SMILES string of the molecule is CCCNC1(c2nc(CC)c(C)s2)CCCC1S(C)(=O)=O. The van der Waals surface area contributed by atoms with Gasteiger partial charge in [-0.15, -0.1) is 11.3 Å². The quantitative estimate of drug-likeness (QED) is 0.871. The second kappa shape index (κ2) is 6.34. The summed E-state index contributed by atoms with van der Waals surface area (Å²) < 4.78 is 24.6. The maximum Gasteiger partial charge on any atom is 0.152 e. The second-order valence-corrected chi connectivity index (χ2v) is 9.42. The monoisotopic (exact) mass is 330 g/mol. The smallest absolute Gasteiger partial charge is 0.152 e. The molecule has 0 spiro atoms. The molecule has 2 unspecified atom stereocenters. The molecule has 120 valence electrons. The summed E-state index contributed by atoms with van der Waals surface area (Å²) in [5, 5.41) is 4.17. The van der Waals surface area contributed by atoms with Crippen LogP contribution in [0.5, 0.6) is 0 Å². The first kappa shape index (κ1) is 16.9. The van der Waals surface area contributed by atoms with Crippen LogP contribution in [-0.2, 0) is 21.8 Å². The number of sulfone groups is 1. The summed E-state index contributed by atoms with van der Waals surface area (Å²) in [4.78, 5) is 6.00. The van der Waals surface area contributed by atoms with Crippen LogP contribution in [0.2, 0.25) is 0 Å². The molecule has 0 radical (unpaired) electrons. The van der Waals surface area contributed by atoms with Gasteiger partial charge in [-0.2, -0.15) is 0 Å². The average Bonchev–Trinajstić information content (AvgIpc) is 3.00. The predicted octanol–water partition coefficient (Wildman–Crippen LogP) is 2.81. The van der Waals surface area contributed by atoms with Crippen LogP contribution in [0.15, 0.2) is 0 Å². The lowest BCUT2D eigenvalue weighted by atomic mass is 9.97. The van der Waals surface area contributed by atoms with Crippen LogP contribution >= 0.6 is 11.3 Å². The topological polar surface area (TPSA) is 59.1 Å². The van der Waals surface area contributed by atoms with Crippen molar-refractivity contribution in [2.45, 2.75) is 63.7 Å². The summed E-state index contributed by atoms with van der Waals surface area (Å²) >= 11 is 1.67. The Hall–Kier alpha value is -0.460. The molecule has 1 aromatic rings. The number of thiazole rings is 1. The van der Waals surface area contributed by atoms with E-state index in [-0.39, 0.29) is 5.25 Å². The first-order chi connectivity index (χ1) is 9.85. The van der Waals surface area contributed by atoms with E-state index in [2.05, 4.69) is 26.1 Å². The third-order valence-electron chi connectivity index (χ3n) is 4.40. The molecule has 1 fully saturated rings. The molecule has 0 amide bonds. The van der Waals surface area contributed by atoms with Gasteiger partial charge in [-0.25, -0.2) is 13.4 Å². The zero-order valence-electron chi connectivity index (χ0n) is 13.4. The Kier molecular flexibility index (Phi) is 5.11. The molecule has 0 saturated heterocycles. The Morgan fingerprint density at radius 2 is 2.14 bits per heavy atom. The van der Waals surface area contributed by atoms with E-state index in [9.17, 15) is 8.42 Å². The molecule has 6 heteroatoms. The third-order valence-corrected chi connectivity index (χ3v) is 7.27. The Balaban J connectivity index is 2.50. The average molecular weight is 331 g/mol. The van der Waals surface area contributed by atoms with Gasteiger partial charge in [-0.05, 0) is 45.6 Å². The normalized spacial score (nSPS) is 26.4. The van der Waals surface area contributed by atoms with E-state index >= 15 is 0 Å². The Morgan fingerprint density at radius 1 is 1.43 bits per heavy atom. The van der Waals surface area contributed by atoms with Crippen LogP contribution in [-0.4, -0.2) is 31.5 Å². The van der Waals surface area contributed by atoms with Crippen molar-refractivity contribution < 1.29 is 8.42 Å². The van der Waals surface area contributed by atoms with Crippen LogP contribution in [0.4, 0.5) is 0 Å². The van der Waals surface area contributed by atoms with Crippen LogP contribution < -0.4 is 5.32 Å². The molecule has 4 nitrogen and oxygen atoms in total. The van der Waals surface area contributed by atoms with Gasteiger partial charge in [0, 0.05) is 11.1 Å². The maximum atomic E-state index is 12.3. The molecule has 0 bridgehead atoms. The fourth-order valence-corrected chi connectivity index (χ4v) is 6.34. The summed E-state index contributed by atoms with van der Waals surface area (Å²) in [6.07, 6.45) is 5.79. The van der Waals surface area contributed by atoms with E-state index < -0.39 is 15.4 Å². The number of hydrogen-bond acceptors (Lipinski definition) is 5. The van der Waals surface area contributed by atoms with E-state index in [0.29, 0.717) is 0 Å². The van der Waals surface area contributed by atoms with E-state index in [1.807, 2.05) is 0 Å². The molecule has 1 N–H and O–H groups in total. The molecule has 1 aromatic heterocycles. The molecular formula is C15H26N2O2S2. The highest BCUT2D eigenvalue weighted by molar-refractivity contribution is 7.91. The molecule has 0 aliphatic heterocycles. The van der Waals surface area contributed by atoms with E-state index in [1.165, 1.54) is 11.1 Å². The molecule has 1 aliphatic carbocycles. The van der Waals surface area contributed by atoms with Crippen LogP contribution in [0.1, 0.15) is 55.1 Å². The highest BCUT2D eigenvalue weighted by atomic mass is 32.2. The molecule has 1 heterocycles. The van der Waals surface area contributed by atoms with Gasteiger partial charge in [0.15, 0.2) is 9.84 Å². The molecule has 1 saturated carbocycles. The van der Waals surface area contributed by atoms with Gasteiger partial charge >= 0.3 is 0 Å². The molecule has 2 atom stereocenters. The van der Waals surface area contributed by atoms with Gasteiger partial charge in [0.25, 0.3) is 0 Å². The summed E-state index contributed by atoms with van der Waals surface area (Å²) in [7, 11) is -3.09. The number of aryl methyl sites for hydroxylation is 2. The molecule has 2 rings (SSSR count). The summed E-state index contributed by atoms with van der Waals surface area (Å²) in [5.74, 6) is 0. The van der Waals surface area contributed by atoms with Gasteiger partial charge in [0.1, 0.15) is 5.01 Å². The second-order valence-electron chi connectivity index (χ2n) is 5.98. The fourth-order valence-electron chi connectivity index (χ4n) is 3.37. The number of rotatable bonds is 6.